The summed E-state index contributed by atoms with van der Waals surface area (Å²) in [4.78, 5) is 10.9. The number of hydrogen-bond donors (Lipinski definition) is 1. The lowest BCUT2D eigenvalue weighted by molar-refractivity contribution is -0.136. The van der Waals surface area contributed by atoms with Crippen molar-refractivity contribution >= 4 is 5.97 Å². The highest BCUT2D eigenvalue weighted by molar-refractivity contribution is 5.87. The third-order valence-electron chi connectivity index (χ3n) is 1.56. The summed E-state index contributed by atoms with van der Waals surface area (Å²) in [6, 6.07) is 0. The Morgan fingerprint density at radius 2 is 2.00 bits per heavy atom. The molecule has 0 radical (unpaired) electrons. The maximum absolute atomic E-state index is 10.9. The molecule has 0 spiro atoms. The van der Waals surface area contributed by atoms with E-state index < -0.39 is 0 Å². The van der Waals surface area contributed by atoms with E-state index in [1.165, 1.54) is 7.11 Å². The first-order chi connectivity index (χ1) is 5.87. The average molecular weight is 185 g/mol. The van der Waals surface area contributed by atoms with Gasteiger partial charge in [-0.1, -0.05) is 6.58 Å². The summed E-state index contributed by atoms with van der Waals surface area (Å²) in [5.74, 6) is -0.323. The second-order valence-electron chi connectivity index (χ2n) is 4.02. The molecule has 0 saturated heterocycles. The topological polar surface area (TPSA) is 38.3 Å². The van der Waals surface area contributed by atoms with Gasteiger partial charge in [-0.15, -0.1) is 0 Å². The molecule has 0 saturated carbocycles. The molecule has 0 aromatic heterocycles. The van der Waals surface area contributed by atoms with Crippen molar-refractivity contribution in [1.82, 2.24) is 5.32 Å². The fourth-order valence-electron chi connectivity index (χ4n) is 0.835. The summed E-state index contributed by atoms with van der Waals surface area (Å²) in [6.07, 6.45) is 0.629. The van der Waals surface area contributed by atoms with Gasteiger partial charge in [0, 0.05) is 11.1 Å². The normalized spacial score (nSPS) is 11.1. The molecule has 0 bridgehead atoms. The Balaban J connectivity index is 3.66. The first kappa shape index (κ1) is 12.2. The van der Waals surface area contributed by atoms with Gasteiger partial charge in [0.25, 0.3) is 0 Å². The van der Waals surface area contributed by atoms with E-state index in [0.717, 1.165) is 6.54 Å². The van der Waals surface area contributed by atoms with E-state index in [4.69, 9.17) is 0 Å². The maximum Gasteiger partial charge on any atom is 0.333 e. The second-order valence-corrected chi connectivity index (χ2v) is 4.02. The minimum Gasteiger partial charge on any atom is -0.466 e. The Labute approximate surface area is 80.2 Å². The predicted molar refractivity (Wildman–Crippen MR) is 53.5 cm³/mol. The van der Waals surface area contributed by atoms with E-state index in [-0.39, 0.29) is 11.5 Å². The highest BCUT2D eigenvalue weighted by atomic mass is 16.5. The van der Waals surface area contributed by atoms with Crippen LogP contribution in [0.5, 0.6) is 0 Å². The number of nitrogens with one attached hydrogen (secondary N) is 1. The van der Waals surface area contributed by atoms with Gasteiger partial charge >= 0.3 is 5.97 Å². The van der Waals surface area contributed by atoms with Crippen molar-refractivity contribution in [3.8, 4) is 0 Å². The molecule has 0 amide bonds. The van der Waals surface area contributed by atoms with Crippen LogP contribution < -0.4 is 5.32 Å². The van der Waals surface area contributed by atoms with E-state index in [9.17, 15) is 4.79 Å². The molecular formula is C10H19NO2. The van der Waals surface area contributed by atoms with Crippen LogP contribution >= 0.6 is 0 Å². The third kappa shape index (κ3) is 6.34. The summed E-state index contributed by atoms with van der Waals surface area (Å²) >= 11 is 0. The van der Waals surface area contributed by atoms with Crippen LogP contribution in [0.3, 0.4) is 0 Å². The molecule has 0 atom stereocenters. The first-order valence-corrected chi connectivity index (χ1v) is 4.38. The Bertz CT molecular complexity index is 192. The number of ether oxygens (including phenoxy) is 1. The fourth-order valence-corrected chi connectivity index (χ4v) is 0.835. The van der Waals surface area contributed by atoms with Gasteiger partial charge in [0.1, 0.15) is 0 Å². The Morgan fingerprint density at radius 3 is 2.38 bits per heavy atom. The summed E-state index contributed by atoms with van der Waals surface area (Å²) in [5, 5.41) is 3.26. The van der Waals surface area contributed by atoms with Gasteiger partial charge in [-0.05, 0) is 33.7 Å². The number of carbonyl (C=O) groups excluding carboxylic acids is 1. The van der Waals surface area contributed by atoms with Gasteiger partial charge in [-0.3, -0.25) is 0 Å². The molecule has 0 aliphatic rings. The average Bonchev–Trinajstić information content (AvgIpc) is 2.00. The Kier molecular flexibility index (Phi) is 4.70. The summed E-state index contributed by atoms with van der Waals surface area (Å²) < 4.78 is 4.53. The van der Waals surface area contributed by atoms with Crippen molar-refractivity contribution < 1.29 is 9.53 Å². The van der Waals surface area contributed by atoms with Crippen molar-refractivity contribution in [2.75, 3.05) is 13.7 Å². The number of carbonyl (C=O) groups is 1. The van der Waals surface area contributed by atoms with Crippen LogP contribution in [0.25, 0.3) is 0 Å². The summed E-state index contributed by atoms with van der Waals surface area (Å²) in [5.41, 5.74) is 0.593. The smallest absolute Gasteiger partial charge is 0.333 e. The van der Waals surface area contributed by atoms with Crippen molar-refractivity contribution in [1.29, 1.82) is 0 Å². The molecule has 0 fully saturated rings. The molecule has 0 aliphatic heterocycles. The molecule has 1 N–H and O–H groups in total. The summed E-state index contributed by atoms with van der Waals surface area (Å²) in [6.45, 7) is 10.6. The minimum atomic E-state index is -0.323. The number of esters is 1. The molecule has 0 rings (SSSR count). The molecule has 3 heteroatoms. The zero-order valence-electron chi connectivity index (χ0n) is 8.94. The molecular weight excluding hydrogens is 166 g/mol. The lowest BCUT2D eigenvalue weighted by atomic mass is 10.1. The molecule has 0 unspecified atom stereocenters. The van der Waals surface area contributed by atoms with Gasteiger partial charge in [-0.2, -0.15) is 0 Å². The van der Waals surface area contributed by atoms with Crippen molar-refractivity contribution in [2.24, 2.45) is 0 Å². The predicted octanol–water partition coefficient (Wildman–Crippen LogP) is 1.49. The van der Waals surface area contributed by atoms with E-state index in [1.54, 1.807) is 0 Å². The highest BCUT2D eigenvalue weighted by Gasteiger charge is 2.10. The van der Waals surface area contributed by atoms with Crippen LogP contribution in [-0.2, 0) is 9.53 Å². The van der Waals surface area contributed by atoms with E-state index >= 15 is 0 Å². The minimum absolute atomic E-state index is 0.0798. The monoisotopic (exact) mass is 185 g/mol. The zero-order valence-corrected chi connectivity index (χ0v) is 8.94. The van der Waals surface area contributed by atoms with Gasteiger partial charge < -0.3 is 10.1 Å². The SMILES string of the molecule is C=C(CCNC(C)(C)C)C(=O)OC. The van der Waals surface area contributed by atoms with Crippen LogP contribution in [0.1, 0.15) is 27.2 Å². The van der Waals surface area contributed by atoms with E-state index in [2.05, 4.69) is 37.4 Å². The first-order valence-electron chi connectivity index (χ1n) is 4.38. The van der Waals surface area contributed by atoms with E-state index in [1.807, 2.05) is 0 Å². The van der Waals surface area contributed by atoms with E-state index in [0.29, 0.717) is 12.0 Å². The molecule has 13 heavy (non-hydrogen) atoms. The number of methoxy groups -OCH3 is 1. The van der Waals surface area contributed by atoms with Gasteiger partial charge in [0.05, 0.1) is 7.11 Å². The second kappa shape index (κ2) is 5.02. The lowest BCUT2D eigenvalue weighted by Gasteiger charge is -2.20. The standard InChI is InChI=1S/C10H19NO2/c1-8(9(12)13-5)6-7-11-10(2,3)4/h11H,1,6-7H2,2-5H3. The molecule has 0 aliphatic carbocycles. The molecule has 3 nitrogen and oxygen atoms in total. The van der Waals surface area contributed by atoms with Crippen molar-refractivity contribution in [3.63, 3.8) is 0 Å². The number of hydrogen-bond acceptors (Lipinski definition) is 3. The quantitative estimate of drug-likeness (QED) is 0.532. The van der Waals surface area contributed by atoms with Crippen molar-refractivity contribution in [2.45, 2.75) is 32.7 Å². The van der Waals surface area contributed by atoms with Crippen molar-refractivity contribution in [3.05, 3.63) is 12.2 Å². The molecule has 0 aromatic rings. The van der Waals surface area contributed by atoms with Crippen LogP contribution in [-0.4, -0.2) is 25.2 Å². The Hall–Kier alpha value is -0.830. The van der Waals surface area contributed by atoms with Crippen LogP contribution in [0.15, 0.2) is 12.2 Å². The fraction of sp³-hybridized carbons (Fsp3) is 0.700. The Morgan fingerprint density at radius 1 is 1.46 bits per heavy atom. The largest absolute Gasteiger partial charge is 0.466 e. The highest BCUT2D eigenvalue weighted by Crippen LogP contribution is 2.02. The van der Waals surface area contributed by atoms with Crippen LogP contribution in [0.4, 0.5) is 0 Å². The summed E-state index contributed by atoms with van der Waals surface area (Å²) in [7, 11) is 1.37. The van der Waals surface area contributed by atoms with Crippen LogP contribution in [0.2, 0.25) is 0 Å². The van der Waals surface area contributed by atoms with Gasteiger partial charge in [-0.25, -0.2) is 4.79 Å². The lowest BCUT2D eigenvalue weighted by Crippen LogP contribution is -2.36. The van der Waals surface area contributed by atoms with Crippen LogP contribution in [0, 0.1) is 0 Å². The van der Waals surface area contributed by atoms with Gasteiger partial charge in [0.15, 0.2) is 0 Å². The molecule has 76 valence electrons. The van der Waals surface area contributed by atoms with Gasteiger partial charge in [0.2, 0.25) is 0 Å². The molecule has 0 heterocycles. The maximum atomic E-state index is 10.9. The third-order valence-corrected chi connectivity index (χ3v) is 1.56. The molecule has 0 aromatic carbocycles. The number of rotatable bonds is 4. The zero-order chi connectivity index (χ0) is 10.5.